The summed E-state index contributed by atoms with van der Waals surface area (Å²) in [4.78, 5) is 15.3. The van der Waals surface area contributed by atoms with E-state index in [1.165, 1.54) is 23.6 Å². The van der Waals surface area contributed by atoms with E-state index < -0.39 is 16.1 Å². The highest BCUT2D eigenvalue weighted by molar-refractivity contribution is 7.89. The van der Waals surface area contributed by atoms with Crippen molar-refractivity contribution in [1.82, 2.24) is 9.21 Å². The van der Waals surface area contributed by atoms with Gasteiger partial charge in [0.25, 0.3) is 0 Å². The number of likely N-dealkylation sites (N-methyl/N-ethyl adjacent to an activating group) is 1. The lowest BCUT2D eigenvalue weighted by atomic mass is 9.95. The Labute approximate surface area is 157 Å². The monoisotopic (exact) mass is 378 g/mol. The van der Waals surface area contributed by atoms with Crippen molar-refractivity contribution < 1.29 is 13.2 Å². The van der Waals surface area contributed by atoms with Crippen LogP contribution in [0.25, 0.3) is 0 Å². The van der Waals surface area contributed by atoms with E-state index >= 15 is 0 Å². The van der Waals surface area contributed by atoms with Gasteiger partial charge in [0.15, 0.2) is 0 Å². The highest BCUT2D eigenvalue weighted by Crippen LogP contribution is 2.29. The molecule has 1 amide bonds. The van der Waals surface area contributed by atoms with Gasteiger partial charge >= 0.3 is 0 Å². The maximum atomic E-state index is 13.2. The van der Waals surface area contributed by atoms with Crippen LogP contribution in [0.2, 0.25) is 0 Å². The first-order valence-electron chi connectivity index (χ1n) is 9.85. The molecule has 1 aromatic rings. The van der Waals surface area contributed by atoms with Gasteiger partial charge in [0.2, 0.25) is 15.9 Å². The number of hydrogen-bond donors (Lipinski definition) is 0. The number of nitrogens with zero attached hydrogens (tertiary/aromatic N) is 2. The van der Waals surface area contributed by atoms with Crippen molar-refractivity contribution in [1.29, 1.82) is 0 Å². The first kappa shape index (κ1) is 19.4. The Kier molecular flexibility index (Phi) is 6.35. The first-order valence-corrected chi connectivity index (χ1v) is 11.3. The molecule has 1 aliphatic heterocycles. The first-order chi connectivity index (χ1) is 12.5. The van der Waals surface area contributed by atoms with Crippen molar-refractivity contribution in [3.05, 3.63) is 30.3 Å². The van der Waals surface area contributed by atoms with Gasteiger partial charge in [-0.2, -0.15) is 4.31 Å². The lowest BCUT2D eigenvalue weighted by molar-refractivity contribution is -0.135. The molecule has 144 valence electrons. The molecule has 1 unspecified atom stereocenters. The summed E-state index contributed by atoms with van der Waals surface area (Å²) in [6, 6.07) is 8.14. The van der Waals surface area contributed by atoms with E-state index in [-0.39, 0.29) is 16.8 Å². The van der Waals surface area contributed by atoms with Crippen molar-refractivity contribution in [2.75, 3.05) is 13.6 Å². The number of benzene rings is 1. The van der Waals surface area contributed by atoms with Gasteiger partial charge in [-0.15, -0.1) is 0 Å². The summed E-state index contributed by atoms with van der Waals surface area (Å²) in [7, 11) is -1.76. The molecule has 0 N–H and O–H groups in total. The van der Waals surface area contributed by atoms with Crippen molar-refractivity contribution in [3.8, 4) is 0 Å². The number of amides is 1. The fourth-order valence-electron chi connectivity index (χ4n) is 4.24. The van der Waals surface area contributed by atoms with Crippen LogP contribution in [0, 0.1) is 0 Å². The van der Waals surface area contributed by atoms with Crippen LogP contribution in [0.5, 0.6) is 0 Å². The number of carbonyl (C=O) groups excluding carboxylic acids is 1. The zero-order valence-corrected chi connectivity index (χ0v) is 16.5. The predicted molar refractivity (Wildman–Crippen MR) is 102 cm³/mol. The van der Waals surface area contributed by atoms with Crippen LogP contribution < -0.4 is 0 Å². The summed E-state index contributed by atoms with van der Waals surface area (Å²) >= 11 is 0. The van der Waals surface area contributed by atoms with E-state index in [9.17, 15) is 13.2 Å². The molecule has 1 heterocycles. The van der Waals surface area contributed by atoms with E-state index in [2.05, 4.69) is 0 Å². The van der Waals surface area contributed by atoms with Crippen LogP contribution in [0.3, 0.4) is 0 Å². The molecule has 3 rings (SSSR count). The van der Waals surface area contributed by atoms with Crippen molar-refractivity contribution in [3.63, 3.8) is 0 Å². The normalized spacial score (nSPS) is 23.3. The number of rotatable bonds is 4. The highest BCUT2D eigenvalue weighted by Gasteiger charge is 2.41. The van der Waals surface area contributed by atoms with Gasteiger partial charge < -0.3 is 4.90 Å². The van der Waals surface area contributed by atoms with Crippen LogP contribution in [0.4, 0.5) is 0 Å². The molecular weight excluding hydrogens is 348 g/mol. The Hall–Kier alpha value is -1.40. The van der Waals surface area contributed by atoms with E-state index in [1.54, 1.807) is 30.3 Å². The van der Waals surface area contributed by atoms with E-state index in [0.29, 0.717) is 13.0 Å². The number of carbonyl (C=O) groups is 1. The fourth-order valence-corrected chi connectivity index (χ4v) is 5.91. The maximum Gasteiger partial charge on any atom is 0.243 e. The van der Waals surface area contributed by atoms with Crippen LogP contribution in [0.15, 0.2) is 35.2 Å². The SMILES string of the molecule is CN(C(=O)C1CCCN1S(=O)(=O)c1ccccc1)C1CCCCCCC1. The maximum absolute atomic E-state index is 13.2. The van der Waals surface area contributed by atoms with Gasteiger partial charge in [-0.1, -0.05) is 50.3 Å². The average molecular weight is 379 g/mol. The molecule has 1 saturated heterocycles. The topological polar surface area (TPSA) is 57.7 Å². The number of sulfonamides is 1. The van der Waals surface area contributed by atoms with Crippen molar-refractivity contribution >= 4 is 15.9 Å². The quantitative estimate of drug-likeness (QED) is 0.807. The lowest BCUT2D eigenvalue weighted by Crippen LogP contribution is -2.49. The second kappa shape index (κ2) is 8.53. The van der Waals surface area contributed by atoms with E-state index in [0.717, 1.165) is 32.1 Å². The van der Waals surface area contributed by atoms with Crippen molar-refractivity contribution in [2.24, 2.45) is 0 Å². The second-order valence-corrected chi connectivity index (χ2v) is 9.43. The summed E-state index contributed by atoms with van der Waals surface area (Å²) in [5.41, 5.74) is 0. The molecule has 5 nitrogen and oxygen atoms in total. The lowest BCUT2D eigenvalue weighted by Gasteiger charge is -2.33. The van der Waals surface area contributed by atoms with Crippen LogP contribution in [-0.2, 0) is 14.8 Å². The smallest absolute Gasteiger partial charge is 0.243 e. The molecule has 1 saturated carbocycles. The van der Waals surface area contributed by atoms with Gasteiger partial charge in [-0.05, 0) is 37.8 Å². The zero-order valence-electron chi connectivity index (χ0n) is 15.6. The Morgan fingerprint density at radius 2 is 1.58 bits per heavy atom. The molecular formula is C20H30N2O3S. The predicted octanol–water partition coefficient (Wildman–Crippen LogP) is 3.41. The average Bonchev–Trinajstić information content (AvgIpc) is 3.11. The van der Waals surface area contributed by atoms with Crippen LogP contribution in [-0.4, -0.2) is 49.2 Å². The molecule has 2 fully saturated rings. The Bertz CT molecular complexity index is 697. The molecule has 2 aliphatic rings. The molecule has 1 aliphatic carbocycles. The number of hydrogen-bond acceptors (Lipinski definition) is 3. The molecule has 0 radical (unpaired) electrons. The zero-order chi connectivity index (χ0) is 18.6. The van der Waals surface area contributed by atoms with Crippen LogP contribution >= 0.6 is 0 Å². The van der Waals surface area contributed by atoms with Gasteiger partial charge in [-0.3, -0.25) is 4.79 Å². The minimum absolute atomic E-state index is 0.0346. The molecule has 0 bridgehead atoms. The summed E-state index contributed by atoms with van der Waals surface area (Å²) in [5.74, 6) is -0.0346. The Morgan fingerprint density at radius 3 is 2.23 bits per heavy atom. The third-order valence-corrected chi connectivity index (χ3v) is 7.73. The summed E-state index contributed by atoms with van der Waals surface area (Å²) in [6.45, 7) is 0.423. The fraction of sp³-hybridized carbons (Fsp3) is 0.650. The molecule has 26 heavy (non-hydrogen) atoms. The van der Waals surface area contributed by atoms with E-state index in [4.69, 9.17) is 0 Å². The second-order valence-electron chi connectivity index (χ2n) is 7.53. The molecule has 0 spiro atoms. The molecule has 0 aromatic heterocycles. The standard InChI is InChI=1S/C20H30N2O3S/c1-21(17-11-6-3-2-4-7-12-17)20(23)19-15-10-16-22(19)26(24,25)18-13-8-5-9-14-18/h5,8-9,13-14,17,19H,2-4,6-7,10-12,15-16H2,1H3. The third-order valence-electron chi connectivity index (χ3n) is 5.81. The van der Waals surface area contributed by atoms with E-state index in [1.807, 2.05) is 11.9 Å². The van der Waals surface area contributed by atoms with Crippen molar-refractivity contribution in [2.45, 2.75) is 74.8 Å². The van der Waals surface area contributed by atoms with Crippen LogP contribution in [0.1, 0.15) is 57.8 Å². The largest absolute Gasteiger partial charge is 0.341 e. The molecule has 1 atom stereocenters. The summed E-state index contributed by atoms with van der Waals surface area (Å²) < 4.78 is 27.4. The van der Waals surface area contributed by atoms with Gasteiger partial charge in [0.1, 0.15) is 6.04 Å². The third kappa shape index (κ3) is 4.12. The summed E-state index contributed by atoms with van der Waals surface area (Å²) in [5, 5.41) is 0. The minimum Gasteiger partial charge on any atom is -0.341 e. The molecule has 1 aromatic carbocycles. The Balaban J connectivity index is 1.75. The van der Waals surface area contributed by atoms with Gasteiger partial charge in [-0.25, -0.2) is 8.42 Å². The minimum atomic E-state index is -3.62. The summed E-state index contributed by atoms with van der Waals surface area (Å²) in [6.07, 6.45) is 9.46. The van der Waals surface area contributed by atoms with Gasteiger partial charge in [0.05, 0.1) is 4.90 Å². The highest BCUT2D eigenvalue weighted by atomic mass is 32.2. The van der Waals surface area contributed by atoms with Gasteiger partial charge in [0, 0.05) is 19.6 Å². The molecule has 6 heteroatoms. The Morgan fingerprint density at radius 1 is 0.962 bits per heavy atom.